The summed E-state index contributed by atoms with van der Waals surface area (Å²) >= 11 is 0. The van der Waals surface area contributed by atoms with Crippen molar-refractivity contribution in [1.29, 1.82) is 0 Å². The molecule has 184 valence electrons. The molecule has 0 aliphatic carbocycles. The maximum Gasteiger partial charge on any atom is 0.258 e. The fraction of sp³-hybridized carbons (Fsp3) is 0.296. The lowest BCUT2D eigenvalue weighted by Gasteiger charge is -2.38. The van der Waals surface area contributed by atoms with Gasteiger partial charge in [0.1, 0.15) is 18.2 Å². The molecule has 0 N–H and O–H groups in total. The van der Waals surface area contributed by atoms with Crippen molar-refractivity contribution in [3.8, 4) is 28.7 Å². The standard InChI is InChI=1S/C27H28FNO6/c1-31-23-7-5-6-20(26(23)34-4)27(30)29-13-12-17-14-24(32-2)25(33-3)15-21(17)22(29)16-35-19-10-8-18(28)9-11-19/h5-11,14-15,22H,12-13,16H2,1-4H3. The van der Waals surface area contributed by atoms with Gasteiger partial charge >= 0.3 is 0 Å². The van der Waals surface area contributed by atoms with E-state index in [9.17, 15) is 9.18 Å². The number of nitrogens with zero attached hydrogens (tertiary/aromatic N) is 1. The Balaban J connectivity index is 1.74. The fourth-order valence-electron chi connectivity index (χ4n) is 4.37. The Bertz CT molecular complexity index is 1200. The van der Waals surface area contributed by atoms with Gasteiger partial charge in [0.25, 0.3) is 5.91 Å². The summed E-state index contributed by atoms with van der Waals surface area (Å²) in [5, 5.41) is 0. The van der Waals surface area contributed by atoms with Gasteiger partial charge in [-0.25, -0.2) is 4.39 Å². The minimum absolute atomic E-state index is 0.159. The van der Waals surface area contributed by atoms with Crippen LogP contribution < -0.4 is 23.7 Å². The Morgan fingerprint density at radius 2 is 1.60 bits per heavy atom. The van der Waals surface area contributed by atoms with Crippen LogP contribution in [-0.2, 0) is 6.42 Å². The lowest BCUT2D eigenvalue weighted by molar-refractivity contribution is 0.0585. The number of hydrogen-bond donors (Lipinski definition) is 0. The third kappa shape index (κ3) is 4.82. The topological polar surface area (TPSA) is 66.5 Å². The molecule has 0 saturated carbocycles. The second-order valence-electron chi connectivity index (χ2n) is 7.98. The molecule has 1 atom stereocenters. The third-order valence-corrected chi connectivity index (χ3v) is 6.12. The molecule has 1 aliphatic heterocycles. The number of ether oxygens (including phenoxy) is 5. The summed E-state index contributed by atoms with van der Waals surface area (Å²) in [6, 6.07) is 14.4. The number of para-hydroxylation sites is 1. The van der Waals surface area contributed by atoms with Crippen LogP contribution in [0.15, 0.2) is 54.6 Å². The molecule has 1 unspecified atom stereocenters. The van der Waals surface area contributed by atoms with Crippen molar-refractivity contribution in [3.63, 3.8) is 0 Å². The van der Waals surface area contributed by atoms with Crippen molar-refractivity contribution in [2.24, 2.45) is 0 Å². The van der Waals surface area contributed by atoms with E-state index in [4.69, 9.17) is 23.7 Å². The van der Waals surface area contributed by atoms with Crippen molar-refractivity contribution in [3.05, 3.63) is 77.1 Å². The van der Waals surface area contributed by atoms with Gasteiger partial charge in [0.05, 0.1) is 40.0 Å². The highest BCUT2D eigenvalue weighted by Gasteiger charge is 2.35. The predicted molar refractivity (Wildman–Crippen MR) is 128 cm³/mol. The fourth-order valence-corrected chi connectivity index (χ4v) is 4.37. The Labute approximate surface area is 203 Å². The van der Waals surface area contributed by atoms with Crippen molar-refractivity contribution >= 4 is 5.91 Å². The summed E-state index contributed by atoms with van der Waals surface area (Å²) in [5.41, 5.74) is 2.32. The minimum atomic E-state index is -0.438. The van der Waals surface area contributed by atoms with Crippen LogP contribution in [0.2, 0.25) is 0 Å². The van der Waals surface area contributed by atoms with E-state index in [-0.39, 0.29) is 18.3 Å². The van der Waals surface area contributed by atoms with Crippen molar-refractivity contribution in [2.45, 2.75) is 12.5 Å². The number of halogens is 1. The molecule has 1 heterocycles. The van der Waals surface area contributed by atoms with Crippen molar-refractivity contribution in [2.75, 3.05) is 41.6 Å². The predicted octanol–water partition coefficient (Wildman–Crippen LogP) is 4.68. The molecular formula is C27H28FNO6. The van der Waals surface area contributed by atoms with Gasteiger partial charge in [0, 0.05) is 6.54 Å². The Hall–Kier alpha value is -3.94. The van der Waals surface area contributed by atoms with E-state index in [0.29, 0.717) is 47.3 Å². The second-order valence-corrected chi connectivity index (χ2v) is 7.98. The second kappa shape index (κ2) is 10.5. The molecule has 0 radical (unpaired) electrons. The number of carbonyl (C=O) groups is 1. The van der Waals surface area contributed by atoms with Crippen LogP contribution in [0.25, 0.3) is 0 Å². The first-order valence-electron chi connectivity index (χ1n) is 11.2. The molecule has 1 amide bonds. The first-order chi connectivity index (χ1) is 17.0. The molecular weight excluding hydrogens is 453 g/mol. The Morgan fingerprint density at radius 1 is 0.914 bits per heavy atom. The quantitative estimate of drug-likeness (QED) is 0.466. The Kier molecular flexibility index (Phi) is 7.29. The zero-order chi connectivity index (χ0) is 24.9. The lowest BCUT2D eigenvalue weighted by atomic mass is 9.91. The highest BCUT2D eigenvalue weighted by Crippen LogP contribution is 2.40. The summed E-state index contributed by atoms with van der Waals surface area (Å²) in [7, 11) is 6.20. The number of methoxy groups -OCH3 is 4. The smallest absolute Gasteiger partial charge is 0.258 e. The van der Waals surface area contributed by atoms with Gasteiger partial charge in [-0.2, -0.15) is 0 Å². The molecule has 8 heteroatoms. The van der Waals surface area contributed by atoms with E-state index in [1.807, 2.05) is 12.1 Å². The minimum Gasteiger partial charge on any atom is -0.493 e. The number of hydrogen-bond acceptors (Lipinski definition) is 6. The average molecular weight is 482 g/mol. The average Bonchev–Trinajstić information content (AvgIpc) is 2.90. The summed E-state index contributed by atoms with van der Waals surface area (Å²) < 4.78 is 41.3. The number of carbonyl (C=O) groups excluding carboxylic acids is 1. The highest BCUT2D eigenvalue weighted by atomic mass is 19.1. The molecule has 0 aromatic heterocycles. The maximum absolute atomic E-state index is 13.8. The van der Waals surface area contributed by atoms with Gasteiger partial charge in [-0.05, 0) is 66.1 Å². The van der Waals surface area contributed by atoms with Crippen LogP contribution in [0.3, 0.4) is 0 Å². The molecule has 0 spiro atoms. The highest BCUT2D eigenvalue weighted by molar-refractivity contribution is 5.98. The van der Waals surface area contributed by atoms with E-state index < -0.39 is 6.04 Å². The summed E-state index contributed by atoms with van der Waals surface area (Å²) in [6.45, 7) is 0.616. The van der Waals surface area contributed by atoms with Crippen LogP contribution >= 0.6 is 0 Å². The van der Waals surface area contributed by atoms with Crippen molar-refractivity contribution in [1.82, 2.24) is 4.90 Å². The van der Waals surface area contributed by atoms with Gasteiger partial charge in [-0.1, -0.05) is 6.07 Å². The molecule has 7 nitrogen and oxygen atoms in total. The third-order valence-electron chi connectivity index (χ3n) is 6.12. The molecule has 0 bridgehead atoms. The number of amides is 1. The van der Waals surface area contributed by atoms with E-state index in [1.165, 1.54) is 26.4 Å². The maximum atomic E-state index is 13.8. The number of fused-ring (bicyclic) bond motifs is 1. The number of benzene rings is 3. The molecule has 3 aromatic carbocycles. The lowest BCUT2D eigenvalue weighted by Crippen LogP contribution is -2.42. The van der Waals surface area contributed by atoms with Crippen LogP contribution in [0, 0.1) is 5.82 Å². The summed E-state index contributed by atoms with van der Waals surface area (Å²) in [5.74, 6) is 1.97. The molecule has 0 fully saturated rings. The van der Waals surface area contributed by atoms with E-state index >= 15 is 0 Å². The zero-order valence-electron chi connectivity index (χ0n) is 20.2. The zero-order valence-corrected chi connectivity index (χ0v) is 20.2. The largest absolute Gasteiger partial charge is 0.493 e. The van der Waals surface area contributed by atoms with E-state index in [0.717, 1.165) is 11.1 Å². The molecule has 1 aliphatic rings. The normalized spacial score (nSPS) is 14.7. The van der Waals surface area contributed by atoms with Gasteiger partial charge in [0.2, 0.25) is 0 Å². The van der Waals surface area contributed by atoms with Gasteiger partial charge < -0.3 is 28.6 Å². The van der Waals surface area contributed by atoms with Crippen LogP contribution in [0.5, 0.6) is 28.7 Å². The monoisotopic (exact) mass is 481 g/mol. The van der Waals surface area contributed by atoms with Crippen LogP contribution in [0.1, 0.15) is 27.5 Å². The first-order valence-corrected chi connectivity index (χ1v) is 11.2. The first kappa shape index (κ1) is 24.2. The van der Waals surface area contributed by atoms with E-state index in [2.05, 4.69) is 0 Å². The Morgan fingerprint density at radius 3 is 2.26 bits per heavy atom. The van der Waals surface area contributed by atoms with Crippen LogP contribution in [0.4, 0.5) is 4.39 Å². The molecule has 0 saturated heterocycles. The summed E-state index contributed by atoms with van der Waals surface area (Å²) in [6.07, 6.45) is 0.626. The number of rotatable bonds is 8. The van der Waals surface area contributed by atoms with Gasteiger partial charge in [-0.3, -0.25) is 4.79 Å². The molecule has 35 heavy (non-hydrogen) atoms. The van der Waals surface area contributed by atoms with Crippen molar-refractivity contribution < 1.29 is 32.9 Å². The van der Waals surface area contributed by atoms with E-state index in [1.54, 1.807) is 49.5 Å². The van der Waals surface area contributed by atoms with Gasteiger partial charge in [0.15, 0.2) is 23.0 Å². The summed E-state index contributed by atoms with van der Waals surface area (Å²) in [4.78, 5) is 15.6. The van der Waals surface area contributed by atoms with Gasteiger partial charge in [-0.15, -0.1) is 0 Å². The van der Waals surface area contributed by atoms with Crippen LogP contribution in [-0.4, -0.2) is 52.4 Å². The molecule has 3 aromatic rings. The molecule has 4 rings (SSSR count). The SMILES string of the molecule is COc1cc2c(cc1OC)C(COc1ccc(F)cc1)N(C(=O)c1cccc(OC)c1OC)CC2.